The van der Waals surface area contributed by atoms with E-state index < -0.39 is 11.6 Å². The molecule has 0 saturated heterocycles. The largest absolute Gasteiger partial charge is 0.490 e. The van der Waals surface area contributed by atoms with Crippen molar-refractivity contribution in [2.45, 2.75) is 6.92 Å². The van der Waals surface area contributed by atoms with Crippen LogP contribution in [0.3, 0.4) is 0 Å². The fourth-order valence-electron chi connectivity index (χ4n) is 2.63. The van der Waals surface area contributed by atoms with Gasteiger partial charge >= 0.3 is 0 Å². The number of hydrogen-bond acceptors (Lipinski definition) is 1. The van der Waals surface area contributed by atoms with Crippen molar-refractivity contribution in [1.29, 1.82) is 0 Å². The number of ether oxygens (including phenoxy) is 1. The summed E-state index contributed by atoms with van der Waals surface area (Å²) < 4.78 is 34.5. The molecular formula is C22H18F2O. The Hall–Kier alpha value is -2.94. The molecule has 25 heavy (non-hydrogen) atoms. The van der Waals surface area contributed by atoms with E-state index in [1.165, 1.54) is 12.1 Å². The second-order valence-electron chi connectivity index (χ2n) is 5.80. The van der Waals surface area contributed by atoms with Crippen LogP contribution < -0.4 is 4.74 Å². The molecule has 1 nitrogen and oxygen atoms in total. The molecule has 3 heteroatoms. The van der Waals surface area contributed by atoms with Gasteiger partial charge in [-0.1, -0.05) is 54.6 Å². The zero-order valence-corrected chi connectivity index (χ0v) is 13.9. The monoisotopic (exact) mass is 336 g/mol. The Bertz CT molecular complexity index is 858. The normalized spacial score (nSPS) is 10.5. The fourth-order valence-corrected chi connectivity index (χ4v) is 2.63. The Balaban J connectivity index is 1.94. The van der Waals surface area contributed by atoms with E-state index in [0.717, 1.165) is 11.1 Å². The van der Waals surface area contributed by atoms with E-state index in [1.807, 2.05) is 19.1 Å². The van der Waals surface area contributed by atoms with Crippen LogP contribution >= 0.6 is 0 Å². The topological polar surface area (TPSA) is 9.23 Å². The van der Waals surface area contributed by atoms with Gasteiger partial charge in [0.05, 0.1) is 5.56 Å². The zero-order valence-electron chi connectivity index (χ0n) is 13.9. The molecule has 3 rings (SSSR count). The third kappa shape index (κ3) is 3.77. The molecule has 0 saturated carbocycles. The van der Waals surface area contributed by atoms with Crippen LogP contribution in [0.4, 0.5) is 8.78 Å². The predicted molar refractivity (Wildman–Crippen MR) is 97.7 cm³/mol. The summed E-state index contributed by atoms with van der Waals surface area (Å²) in [4.78, 5) is 0. The highest BCUT2D eigenvalue weighted by atomic mass is 19.1. The van der Waals surface area contributed by atoms with E-state index in [9.17, 15) is 8.78 Å². The van der Waals surface area contributed by atoms with Gasteiger partial charge in [0.2, 0.25) is 0 Å². The molecule has 0 radical (unpaired) electrons. The molecule has 0 atom stereocenters. The molecule has 0 aromatic heterocycles. The van der Waals surface area contributed by atoms with Crippen LogP contribution in [0.2, 0.25) is 0 Å². The third-order valence-corrected chi connectivity index (χ3v) is 3.94. The van der Waals surface area contributed by atoms with Gasteiger partial charge in [0.15, 0.2) is 0 Å². The zero-order chi connectivity index (χ0) is 17.8. The van der Waals surface area contributed by atoms with Crippen LogP contribution in [0, 0.1) is 18.6 Å². The predicted octanol–water partition coefficient (Wildman–Crippen LogP) is 6.17. The van der Waals surface area contributed by atoms with Gasteiger partial charge in [-0.25, -0.2) is 8.78 Å². The molecule has 3 aromatic carbocycles. The van der Waals surface area contributed by atoms with Gasteiger partial charge in [-0.15, -0.1) is 0 Å². The van der Waals surface area contributed by atoms with E-state index in [1.54, 1.807) is 42.5 Å². The first kappa shape index (κ1) is 16.9. The smallest absolute Gasteiger partial charge is 0.134 e. The summed E-state index contributed by atoms with van der Waals surface area (Å²) in [6.07, 6.45) is 1.66. The summed E-state index contributed by atoms with van der Waals surface area (Å²) in [5.74, 6) is -0.474. The van der Waals surface area contributed by atoms with E-state index in [-0.39, 0.29) is 5.56 Å². The van der Waals surface area contributed by atoms with Crippen LogP contribution in [0.25, 0.3) is 22.3 Å². The second-order valence-corrected chi connectivity index (χ2v) is 5.80. The van der Waals surface area contributed by atoms with Crippen molar-refractivity contribution in [3.8, 4) is 28.0 Å². The molecule has 0 aliphatic carbocycles. The molecule has 0 bridgehead atoms. The van der Waals surface area contributed by atoms with Crippen molar-refractivity contribution >= 4 is 0 Å². The average Bonchev–Trinajstić information content (AvgIpc) is 2.61. The second kappa shape index (κ2) is 7.31. The molecule has 0 fully saturated rings. The maximum Gasteiger partial charge on any atom is 0.134 e. The molecule has 0 spiro atoms. The first-order valence-electron chi connectivity index (χ1n) is 7.98. The van der Waals surface area contributed by atoms with Gasteiger partial charge in [-0.05, 0) is 47.9 Å². The number of halogens is 2. The minimum absolute atomic E-state index is 0.00492. The van der Waals surface area contributed by atoms with E-state index >= 15 is 0 Å². The van der Waals surface area contributed by atoms with Gasteiger partial charge in [0.1, 0.15) is 24.0 Å². The molecule has 126 valence electrons. The number of hydrogen-bond donors (Lipinski definition) is 0. The highest BCUT2D eigenvalue weighted by molar-refractivity contribution is 5.72. The summed E-state index contributed by atoms with van der Waals surface area (Å²) in [6, 6.07) is 16.9. The fraction of sp³-hybridized carbons (Fsp3) is 0.0909. The van der Waals surface area contributed by atoms with Crippen molar-refractivity contribution in [3.63, 3.8) is 0 Å². The summed E-state index contributed by atoms with van der Waals surface area (Å²) in [6.45, 7) is 5.93. The molecule has 0 heterocycles. The summed E-state index contributed by atoms with van der Waals surface area (Å²) in [5.41, 5.74) is 2.77. The van der Waals surface area contributed by atoms with Crippen LogP contribution in [-0.4, -0.2) is 6.61 Å². The Morgan fingerprint density at radius 1 is 0.840 bits per heavy atom. The molecule has 0 unspecified atom stereocenters. The lowest BCUT2D eigenvalue weighted by Gasteiger charge is -2.10. The lowest BCUT2D eigenvalue weighted by molar-refractivity contribution is 0.363. The maximum absolute atomic E-state index is 14.6. The van der Waals surface area contributed by atoms with Gasteiger partial charge in [-0.2, -0.15) is 0 Å². The van der Waals surface area contributed by atoms with Crippen LogP contribution in [-0.2, 0) is 0 Å². The highest BCUT2D eigenvalue weighted by Gasteiger charge is 2.14. The number of benzene rings is 3. The van der Waals surface area contributed by atoms with Crippen LogP contribution in [0.5, 0.6) is 5.75 Å². The lowest BCUT2D eigenvalue weighted by atomic mass is 9.98. The Kier molecular flexibility index (Phi) is 4.94. The van der Waals surface area contributed by atoms with Gasteiger partial charge < -0.3 is 4.74 Å². The van der Waals surface area contributed by atoms with Crippen molar-refractivity contribution < 1.29 is 13.5 Å². The van der Waals surface area contributed by atoms with Gasteiger partial charge in [0.25, 0.3) is 0 Å². The average molecular weight is 336 g/mol. The quantitative estimate of drug-likeness (QED) is 0.506. The summed E-state index contributed by atoms with van der Waals surface area (Å²) in [5, 5.41) is 0. The van der Waals surface area contributed by atoms with Crippen LogP contribution in [0.15, 0.2) is 73.3 Å². The van der Waals surface area contributed by atoms with Crippen molar-refractivity contribution in [2.75, 3.05) is 6.61 Å². The Labute approximate surface area is 146 Å². The number of rotatable bonds is 5. The molecule has 0 aliphatic rings. The molecule has 0 amide bonds. The first-order valence-corrected chi connectivity index (χ1v) is 7.98. The SMILES string of the molecule is C=CCOc1ccc(-c2cc(F)c(-c3ccc(C)cc3)c(F)c2)cc1. The Morgan fingerprint density at radius 2 is 1.40 bits per heavy atom. The lowest BCUT2D eigenvalue weighted by Crippen LogP contribution is -1.94. The third-order valence-electron chi connectivity index (χ3n) is 3.94. The van der Waals surface area contributed by atoms with E-state index in [4.69, 9.17) is 4.74 Å². The van der Waals surface area contributed by atoms with Gasteiger partial charge in [0, 0.05) is 0 Å². The van der Waals surface area contributed by atoms with Crippen LogP contribution in [0.1, 0.15) is 5.56 Å². The van der Waals surface area contributed by atoms with E-state index in [0.29, 0.717) is 23.5 Å². The Morgan fingerprint density at radius 3 is 1.96 bits per heavy atom. The molecule has 0 aliphatic heterocycles. The molecular weight excluding hydrogens is 318 g/mol. The minimum Gasteiger partial charge on any atom is -0.490 e. The summed E-state index contributed by atoms with van der Waals surface area (Å²) in [7, 11) is 0. The first-order chi connectivity index (χ1) is 12.1. The maximum atomic E-state index is 14.6. The highest BCUT2D eigenvalue weighted by Crippen LogP contribution is 2.31. The van der Waals surface area contributed by atoms with Crippen molar-refractivity contribution in [2.24, 2.45) is 0 Å². The van der Waals surface area contributed by atoms with Crippen molar-refractivity contribution in [3.05, 3.63) is 90.5 Å². The molecule has 3 aromatic rings. The molecule has 0 N–H and O–H groups in total. The number of aryl methyl sites for hydroxylation is 1. The minimum atomic E-state index is -0.578. The van der Waals surface area contributed by atoms with Crippen molar-refractivity contribution in [1.82, 2.24) is 0 Å². The van der Waals surface area contributed by atoms with E-state index in [2.05, 4.69) is 6.58 Å². The standard InChI is InChI=1S/C22H18F2O/c1-3-12-25-19-10-8-16(9-11-19)18-13-20(23)22(21(24)14-18)17-6-4-15(2)5-7-17/h3-11,13-14H,1,12H2,2H3. The van der Waals surface area contributed by atoms with Gasteiger partial charge in [-0.3, -0.25) is 0 Å². The summed E-state index contributed by atoms with van der Waals surface area (Å²) >= 11 is 0.